The number of carbonyl (C=O) groups excluding carboxylic acids is 3. The summed E-state index contributed by atoms with van der Waals surface area (Å²) in [5, 5.41) is 16.7. The fourth-order valence-electron chi connectivity index (χ4n) is 2.96. The van der Waals surface area contributed by atoms with Crippen LogP contribution >= 0.6 is 0 Å². The van der Waals surface area contributed by atoms with Crippen LogP contribution in [0, 0.1) is 5.92 Å². The number of guanidine groups is 1. The maximum absolute atomic E-state index is 13.0. The minimum atomic E-state index is -1.22. The second kappa shape index (κ2) is 16.6. The molecule has 34 heavy (non-hydrogen) atoms. The van der Waals surface area contributed by atoms with Crippen LogP contribution in [0.4, 0.5) is 0 Å². The number of hydrogen-bond donors (Lipinski definition) is 8. The Hall–Kier alpha value is -2.93. The quantitative estimate of drug-likeness (QED) is 0.0649. The summed E-state index contributed by atoms with van der Waals surface area (Å²) < 4.78 is 0. The van der Waals surface area contributed by atoms with Crippen LogP contribution in [0.1, 0.15) is 59.3 Å². The Morgan fingerprint density at radius 3 is 1.91 bits per heavy atom. The summed E-state index contributed by atoms with van der Waals surface area (Å²) in [6.07, 6.45) is 2.71. The predicted molar refractivity (Wildman–Crippen MR) is 129 cm³/mol. The van der Waals surface area contributed by atoms with Crippen molar-refractivity contribution < 1.29 is 24.3 Å². The number of carboxylic acid groups (broad SMARTS) is 1. The molecule has 0 radical (unpaired) electrons. The van der Waals surface area contributed by atoms with Gasteiger partial charge in [-0.1, -0.05) is 20.3 Å². The molecule has 3 amide bonds. The molecular formula is C21H42N8O5. The lowest BCUT2D eigenvalue weighted by atomic mass is 9.98. The van der Waals surface area contributed by atoms with E-state index < -0.39 is 47.9 Å². The standard InChI is InChI=1S/C21H42N8O5/c1-4-12(2)16(23)19(32)29-14(8-5-6-10-22)18(31)28-15(9-7-11-26-21(24)25)17(30)27-13(3)20(33)34/h12-16H,4-11,22-23H2,1-3H3,(H,27,30)(H,28,31)(H,29,32)(H,33,34)(H4,24,25,26). The molecule has 5 atom stereocenters. The van der Waals surface area contributed by atoms with Gasteiger partial charge in [-0.15, -0.1) is 0 Å². The van der Waals surface area contributed by atoms with E-state index in [1.165, 1.54) is 6.92 Å². The van der Waals surface area contributed by atoms with Crippen molar-refractivity contribution in [2.24, 2.45) is 33.8 Å². The summed E-state index contributed by atoms with van der Waals surface area (Å²) in [7, 11) is 0. The van der Waals surface area contributed by atoms with Gasteiger partial charge in [0, 0.05) is 6.54 Å². The zero-order valence-electron chi connectivity index (χ0n) is 20.4. The molecule has 196 valence electrons. The Morgan fingerprint density at radius 1 is 0.882 bits per heavy atom. The van der Waals surface area contributed by atoms with Crippen LogP contribution in [0.25, 0.3) is 0 Å². The van der Waals surface area contributed by atoms with Crippen LogP contribution in [-0.4, -0.2) is 72.0 Å². The number of carbonyl (C=O) groups is 4. The lowest BCUT2D eigenvalue weighted by molar-refractivity contribution is -0.141. The molecule has 13 heteroatoms. The largest absolute Gasteiger partial charge is 0.480 e. The second-order valence-corrected chi connectivity index (χ2v) is 8.34. The summed E-state index contributed by atoms with van der Waals surface area (Å²) >= 11 is 0. The number of nitrogens with two attached hydrogens (primary N) is 4. The number of nitrogens with zero attached hydrogens (tertiary/aromatic N) is 1. The van der Waals surface area contributed by atoms with Crippen LogP contribution < -0.4 is 38.9 Å². The van der Waals surface area contributed by atoms with E-state index in [9.17, 15) is 19.2 Å². The zero-order valence-corrected chi connectivity index (χ0v) is 20.4. The lowest BCUT2D eigenvalue weighted by Gasteiger charge is -2.26. The Balaban J connectivity index is 5.48. The third-order valence-electron chi connectivity index (χ3n) is 5.45. The highest BCUT2D eigenvalue weighted by Crippen LogP contribution is 2.08. The molecule has 0 aromatic heterocycles. The zero-order chi connectivity index (χ0) is 26.3. The van der Waals surface area contributed by atoms with Gasteiger partial charge < -0.3 is 44.0 Å². The number of unbranched alkanes of at least 4 members (excludes halogenated alkanes) is 1. The lowest BCUT2D eigenvalue weighted by Crippen LogP contribution is -2.57. The number of amides is 3. The molecule has 0 aromatic rings. The second-order valence-electron chi connectivity index (χ2n) is 8.34. The molecule has 0 spiro atoms. The molecule has 0 saturated heterocycles. The molecular weight excluding hydrogens is 444 g/mol. The minimum absolute atomic E-state index is 0.0840. The van der Waals surface area contributed by atoms with Crippen molar-refractivity contribution in [2.75, 3.05) is 13.1 Å². The van der Waals surface area contributed by atoms with Gasteiger partial charge in [-0.3, -0.25) is 24.2 Å². The van der Waals surface area contributed by atoms with Crippen LogP contribution in [0.2, 0.25) is 0 Å². The molecule has 0 aliphatic rings. The smallest absolute Gasteiger partial charge is 0.325 e. The van der Waals surface area contributed by atoms with E-state index in [1.807, 2.05) is 13.8 Å². The Labute approximate surface area is 200 Å². The first kappa shape index (κ1) is 31.1. The highest BCUT2D eigenvalue weighted by molar-refractivity contribution is 5.94. The first-order valence-electron chi connectivity index (χ1n) is 11.6. The van der Waals surface area contributed by atoms with E-state index in [2.05, 4.69) is 20.9 Å². The normalized spacial score (nSPS) is 15.2. The van der Waals surface area contributed by atoms with Gasteiger partial charge in [0.05, 0.1) is 6.04 Å². The van der Waals surface area contributed by atoms with Crippen molar-refractivity contribution in [3.8, 4) is 0 Å². The average Bonchev–Trinajstić information content (AvgIpc) is 2.78. The van der Waals surface area contributed by atoms with E-state index in [0.29, 0.717) is 38.6 Å². The van der Waals surface area contributed by atoms with Gasteiger partial charge >= 0.3 is 5.97 Å². The van der Waals surface area contributed by atoms with E-state index in [0.717, 1.165) is 0 Å². The number of rotatable bonds is 17. The number of aliphatic imine (C=N–C) groups is 1. The van der Waals surface area contributed by atoms with Crippen molar-refractivity contribution in [3.63, 3.8) is 0 Å². The molecule has 5 unspecified atom stereocenters. The summed E-state index contributed by atoms with van der Waals surface area (Å²) in [6.45, 7) is 5.71. The highest BCUT2D eigenvalue weighted by Gasteiger charge is 2.29. The Morgan fingerprint density at radius 2 is 1.41 bits per heavy atom. The summed E-state index contributed by atoms with van der Waals surface area (Å²) in [5.74, 6) is -3.12. The maximum atomic E-state index is 13.0. The summed E-state index contributed by atoms with van der Waals surface area (Å²) in [6, 6.07) is -3.93. The molecule has 0 saturated carbocycles. The number of carboxylic acids is 1. The van der Waals surface area contributed by atoms with Crippen molar-refractivity contribution in [1.82, 2.24) is 16.0 Å². The van der Waals surface area contributed by atoms with Crippen molar-refractivity contribution in [2.45, 2.75) is 83.5 Å². The highest BCUT2D eigenvalue weighted by atomic mass is 16.4. The fraction of sp³-hybridized carbons (Fsp3) is 0.762. The molecule has 12 N–H and O–H groups in total. The van der Waals surface area contributed by atoms with E-state index in [4.69, 9.17) is 28.0 Å². The van der Waals surface area contributed by atoms with Crippen LogP contribution in [-0.2, 0) is 19.2 Å². The molecule has 0 aliphatic carbocycles. The molecule has 0 rings (SSSR count). The molecule has 0 bridgehead atoms. The monoisotopic (exact) mass is 486 g/mol. The van der Waals surface area contributed by atoms with Gasteiger partial charge in [0.15, 0.2) is 5.96 Å². The number of aliphatic carboxylic acids is 1. The first-order valence-corrected chi connectivity index (χ1v) is 11.6. The molecule has 13 nitrogen and oxygen atoms in total. The minimum Gasteiger partial charge on any atom is -0.480 e. The van der Waals surface area contributed by atoms with E-state index in [-0.39, 0.29) is 24.8 Å². The topological polar surface area (TPSA) is 241 Å². The SMILES string of the molecule is CCC(C)C(N)C(=O)NC(CCCCN)C(=O)NC(CCCN=C(N)N)C(=O)NC(C)C(=O)O. The summed E-state index contributed by atoms with van der Waals surface area (Å²) in [4.78, 5) is 53.3. The molecule has 0 fully saturated rings. The maximum Gasteiger partial charge on any atom is 0.325 e. The van der Waals surface area contributed by atoms with Gasteiger partial charge in [-0.25, -0.2) is 0 Å². The van der Waals surface area contributed by atoms with Crippen molar-refractivity contribution in [3.05, 3.63) is 0 Å². The van der Waals surface area contributed by atoms with Crippen LogP contribution in [0.5, 0.6) is 0 Å². The van der Waals surface area contributed by atoms with Gasteiger partial charge in [0.25, 0.3) is 0 Å². The van der Waals surface area contributed by atoms with E-state index in [1.54, 1.807) is 0 Å². The Bertz CT molecular complexity index is 699. The third-order valence-corrected chi connectivity index (χ3v) is 5.45. The van der Waals surface area contributed by atoms with Crippen molar-refractivity contribution >= 4 is 29.7 Å². The molecule has 0 aliphatic heterocycles. The van der Waals surface area contributed by atoms with Gasteiger partial charge in [0.2, 0.25) is 17.7 Å². The Kier molecular flexibility index (Phi) is 15.2. The van der Waals surface area contributed by atoms with Gasteiger partial charge in [0.1, 0.15) is 18.1 Å². The summed E-state index contributed by atoms with van der Waals surface area (Å²) in [5.41, 5.74) is 22.1. The number of hydrogen-bond acceptors (Lipinski definition) is 7. The van der Waals surface area contributed by atoms with Crippen LogP contribution in [0.15, 0.2) is 4.99 Å². The van der Waals surface area contributed by atoms with Crippen LogP contribution in [0.3, 0.4) is 0 Å². The van der Waals surface area contributed by atoms with Crippen molar-refractivity contribution in [1.29, 1.82) is 0 Å². The number of nitrogens with one attached hydrogen (secondary N) is 3. The average molecular weight is 487 g/mol. The molecule has 0 aromatic carbocycles. The van der Waals surface area contributed by atoms with Gasteiger partial charge in [-0.05, 0) is 51.5 Å². The molecule has 0 heterocycles. The van der Waals surface area contributed by atoms with E-state index >= 15 is 0 Å². The fourth-order valence-corrected chi connectivity index (χ4v) is 2.96. The van der Waals surface area contributed by atoms with Gasteiger partial charge in [-0.2, -0.15) is 0 Å². The third kappa shape index (κ3) is 12.3. The first-order chi connectivity index (χ1) is 15.9. The predicted octanol–water partition coefficient (Wildman–Crippen LogP) is -1.90.